The topological polar surface area (TPSA) is 37.3 Å². The molecule has 0 saturated carbocycles. The van der Waals surface area contributed by atoms with Gasteiger partial charge < -0.3 is 5.11 Å². The number of carbonyl (C=O) groups is 1. The summed E-state index contributed by atoms with van der Waals surface area (Å²) in [6, 6.07) is 17.7. The minimum absolute atomic E-state index is 0.381. The maximum atomic E-state index is 11.3. The van der Waals surface area contributed by atoms with Gasteiger partial charge in [-0.3, -0.25) is 0 Å². The second-order valence-electron chi connectivity index (χ2n) is 4.66. The Morgan fingerprint density at radius 1 is 1.00 bits per heavy atom. The number of carboxylic acids is 1. The predicted molar refractivity (Wildman–Crippen MR) is 82.4 cm³/mol. The molecule has 2 aromatic carbocycles. The Morgan fingerprint density at radius 2 is 1.60 bits per heavy atom. The van der Waals surface area contributed by atoms with E-state index in [1.54, 1.807) is 6.08 Å². The summed E-state index contributed by atoms with van der Waals surface area (Å²) in [6.07, 6.45) is 3.51. The molecule has 0 aliphatic heterocycles. The highest BCUT2D eigenvalue weighted by Crippen LogP contribution is 2.23. The van der Waals surface area contributed by atoms with Gasteiger partial charge in [0.25, 0.3) is 0 Å². The zero-order valence-electron chi connectivity index (χ0n) is 11.5. The lowest BCUT2D eigenvalue weighted by atomic mass is 9.99. The van der Waals surface area contributed by atoms with Crippen LogP contribution in [0.4, 0.5) is 0 Å². The van der Waals surface area contributed by atoms with Gasteiger partial charge in [-0.1, -0.05) is 74.0 Å². The van der Waals surface area contributed by atoms with Crippen LogP contribution in [-0.4, -0.2) is 11.1 Å². The van der Waals surface area contributed by atoms with E-state index in [0.717, 1.165) is 29.5 Å². The molecule has 0 spiro atoms. The average molecular weight is 266 g/mol. The van der Waals surface area contributed by atoms with Gasteiger partial charge in [-0.2, -0.15) is 0 Å². The van der Waals surface area contributed by atoms with Gasteiger partial charge in [0.2, 0.25) is 0 Å². The molecule has 0 unspecified atom stereocenters. The van der Waals surface area contributed by atoms with Crippen LogP contribution in [0, 0.1) is 0 Å². The molecule has 0 radical (unpaired) electrons. The predicted octanol–water partition coefficient (Wildman–Crippen LogP) is 4.62. The number of hydrogen-bond acceptors (Lipinski definition) is 1. The summed E-state index contributed by atoms with van der Waals surface area (Å²) >= 11 is 0. The molecule has 102 valence electrons. The highest BCUT2D eigenvalue weighted by atomic mass is 16.4. The highest BCUT2D eigenvalue weighted by Gasteiger charge is 2.09. The van der Waals surface area contributed by atoms with Gasteiger partial charge in [-0.05, 0) is 23.1 Å². The minimum atomic E-state index is -0.870. The molecule has 2 nitrogen and oxygen atoms in total. The second-order valence-corrected chi connectivity index (χ2v) is 4.66. The van der Waals surface area contributed by atoms with Gasteiger partial charge in [0.15, 0.2) is 0 Å². The summed E-state index contributed by atoms with van der Waals surface area (Å²) in [7, 11) is 0. The summed E-state index contributed by atoms with van der Waals surface area (Å²) in [4.78, 5) is 11.3. The summed E-state index contributed by atoms with van der Waals surface area (Å²) in [5.74, 6) is -0.870. The molecule has 0 heterocycles. The number of hydrogen-bond donors (Lipinski definition) is 1. The van der Waals surface area contributed by atoms with Crippen LogP contribution in [0.15, 0.2) is 60.7 Å². The first-order chi connectivity index (χ1) is 9.72. The lowest BCUT2D eigenvalue weighted by molar-refractivity contribution is -0.130. The standard InChI is InChI=1S/C18H18O2/c1-2-3-9-17(18(19)20)16-12-10-15(11-13-16)14-7-5-4-6-8-14/h4-13H,2-3H2,1H3,(H,19,20). The van der Waals surface area contributed by atoms with Crippen molar-refractivity contribution in [1.82, 2.24) is 0 Å². The van der Waals surface area contributed by atoms with E-state index < -0.39 is 5.97 Å². The van der Waals surface area contributed by atoms with Crippen LogP contribution < -0.4 is 0 Å². The van der Waals surface area contributed by atoms with Gasteiger partial charge in [-0.25, -0.2) is 4.79 Å². The number of allylic oxidation sites excluding steroid dienone is 1. The molecule has 0 atom stereocenters. The van der Waals surface area contributed by atoms with Crippen LogP contribution in [0.1, 0.15) is 25.3 Å². The van der Waals surface area contributed by atoms with Crippen molar-refractivity contribution in [2.24, 2.45) is 0 Å². The molecular weight excluding hydrogens is 248 g/mol. The zero-order valence-corrected chi connectivity index (χ0v) is 11.5. The summed E-state index contributed by atoms with van der Waals surface area (Å²) in [6.45, 7) is 2.04. The number of aliphatic carboxylic acids is 1. The first-order valence-corrected chi connectivity index (χ1v) is 6.81. The molecule has 2 aromatic rings. The number of benzene rings is 2. The molecule has 0 saturated heterocycles. The average Bonchev–Trinajstić information content (AvgIpc) is 2.49. The van der Waals surface area contributed by atoms with Crippen LogP contribution in [0.2, 0.25) is 0 Å². The summed E-state index contributed by atoms with van der Waals surface area (Å²) in [5.41, 5.74) is 3.36. The molecule has 0 aromatic heterocycles. The van der Waals surface area contributed by atoms with Gasteiger partial charge >= 0.3 is 5.97 Å². The van der Waals surface area contributed by atoms with Crippen molar-refractivity contribution < 1.29 is 9.90 Å². The van der Waals surface area contributed by atoms with Crippen LogP contribution in [0.5, 0.6) is 0 Å². The van der Waals surface area contributed by atoms with Crippen LogP contribution in [0.3, 0.4) is 0 Å². The van der Waals surface area contributed by atoms with Crippen molar-refractivity contribution in [3.63, 3.8) is 0 Å². The fraction of sp³-hybridized carbons (Fsp3) is 0.167. The molecule has 2 rings (SSSR count). The van der Waals surface area contributed by atoms with Gasteiger partial charge in [0, 0.05) is 0 Å². The smallest absolute Gasteiger partial charge is 0.335 e. The van der Waals surface area contributed by atoms with E-state index in [4.69, 9.17) is 0 Å². The molecule has 1 N–H and O–H groups in total. The Kier molecular flexibility index (Phi) is 4.72. The number of carboxylic acid groups (broad SMARTS) is 1. The first-order valence-electron chi connectivity index (χ1n) is 6.81. The third-order valence-electron chi connectivity index (χ3n) is 3.17. The van der Waals surface area contributed by atoms with Gasteiger partial charge in [-0.15, -0.1) is 0 Å². The zero-order chi connectivity index (χ0) is 14.4. The normalized spacial score (nSPS) is 11.3. The molecule has 20 heavy (non-hydrogen) atoms. The van der Waals surface area contributed by atoms with E-state index in [-0.39, 0.29) is 0 Å². The van der Waals surface area contributed by atoms with Crippen molar-refractivity contribution in [3.8, 4) is 11.1 Å². The SMILES string of the molecule is CCCC=C(C(=O)O)c1ccc(-c2ccccc2)cc1. The Bertz CT molecular complexity index is 595. The second kappa shape index (κ2) is 6.71. The summed E-state index contributed by atoms with van der Waals surface area (Å²) < 4.78 is 0. The minimum Gasteiger partial charge on any atom is -0.478 e. The lowest BCUT2D eigenvalue weighted by Crippen LogP contribution is -1.99. The molecule has 0 aliphatic carbocycles. The summed E-state index contributed by atoms with van der Waals surface area (Å²) in [5, 5.41) is 9.27. The molecule has 0 bridgehead atoms. The van der Waals surface area contributed by atoms with Crippen molar-refractivity contribution in [2.45, 2.75) is 19.8 Å². The lowest BCUT2D eigenvalue weighted by Gasteiger charge is -2.05. The number of unbranched alkanes of at least 4 members (excludes halogenated alkanes) is 1. The Hall–Kier alpha value is -2.35. The molecule has 2 heteroatoms. The monoisotopic (exact) mass is 266 g/mol. The molecule has 0 aliphatic rings. The molecule has 0 amide bonds. The third-order valence-corrected chi connectivity index (χ3v) is 3.17. The fourth-order valence-corrected chi connectivity index (χ4v) is 2.09. The molecular formula is C18H18O2. The number of rotatable bonds is 5. The van der Waals surface area contributed by atoms with E-state index in [9.17, 15) is 9.90 Å². The first kappa shape index (κ1) is 14.1. The Labute approximate surface area is 119 Å². The van der Waals surface area contributed by atoms with Crippen LogP contribution in [0.25, 0.3) is 16.7 Å². The van der Waals surface area contributed by atoms with Gasteiger partial charge in [0.05, 0.1) is 5.57 Å². The quantitative estimate of drug-likeness (QED) is 0.802. The third kappa shape index (κ3) is 3.35. The van der Waals surface area contributed by atoms with Crippen LogP contribution in [-0.2, 0) is 4.79 Å². The van der Waals surface area contributed by atoms with E-state index >= 15 is 0 Å². The largest absolute Gasteiger partial charge is 0.478 e. The molecule has 0 fully saturated rings. The van der Waals surface area contributed by atoms with E-state index in [1.165, 1.54) is 0 Å². The van der Waals surface area contributed by atoms with E-state index in [1.807, 2.05) is 61.5 Å². The van der Waals surface area contributed by atoms with Gasteiger partial charge in [0.1, 0.15) is 0 Å². The van der Waals surface area contributed by atoms with Crippen LogP contribution >= 0.6 is 0 Å². The Morgan fingerprint density at radius 3 is 2.15 bits per heavy atom. The van der Waals surface area contributed by atoms with Crippen molar-refractivity contribution in [1.29, 1.82) is 0 Å². The van der Waals surface area contributed by atoms with E-state index in [0.29, 0.717) is 5.57 Å². The Balaban J connectivity index is 2.29. The maximum Gasteiger partial charge on any atom is 0.335 e. The highest BCUT2D eigenvalue weighted by molar-refractivity contribution is 6.15. The van der Waals surface area contributed by atoms with Crippen molar-refractivity contribution >= 4 is 11.5 Å². The fourth-order valence-electron chi connectivity index (χ4n) is 2.09. The van der Waals surface area contributed by atoms with E-state index in [2.05, 4.69) is 0 Å². The van der Waals surface area contributed by atoms with Crippen molar-refractivity contribution in [3.05, 3.63) is 66.2 Å². The van der Waals surface area contributed by atoms with Crippen molar-refractivity contribution in [2.75, 3.05) is 0 Å². The maximum absolute atomic E-state index is 11.3.